The Morgan fingerprint density at radius 2 is 1.90 bits per heavy atom. The van der Waals surface area contributed by atoms with Gasteiger partial charge in [0.2, 0.25) is 0 Å². The van der Waals surface area contributed by atoms with Crippen LogP contribution in [0.3, 0.4) is 0 Å². The van der Waals surface area contributed by atoms with Crippen LogP contribution in [-0.2, 0) is 6.54 Å². The second-order valence-corrected chi connectivity index (χ2v) is 5.63. The molecule has 0 aliphatic carbocycles. The van der Waals surface area contributed by atoms with Gasteiger partial charge >= 0.3 is 0 Å². The Hall–Kier alpha value is -1.38. The molecule has 0 radical (unpaired) electrons. The SMILES string of the molecule is CCCCOc1ccccc1CNc1cc(Cl)ccc1Cl. The molecule has 0 spiro atoms. The average molecular weight is 324 g/mol. The molecule has 0 saturated carbocycles. The molecule has 0 atom stereocenters. The Balaban J connectivity index is 2.04. The standard InChI is InChI=1S/C17H19Cl2NO/c1-2-3-10-21-17-7-5-4-6-13(17)12-20-16-11-14(18)8-9-15(16)19/h4-9,11,20H,2-3,10,12H2,1H3. The predicted octanol–water partition coefficient (Wildman–Crippen LogP) is 5.78. The van der Waals surface area contributed by atoms with Crippen molar-refractivity contribution in [2.45, 2.75) is 26.3 Å². The summed E-state index contributed by atoms with van der Waals surface area (Å²) in [6.07, 6.45) is 2.18. The molecule has 2 rings (SSSR count). The third-order valence-corrected chi connectivity index (χ3v) is 3.69. The summed E-state index contributed by atoms with van der Waals surface area (Å²) in [5.41, 5.74) is 1.93. The molecule has 1 N–H and O–H groups in total. The van der Waals surface area contributed by atoms with Gasteiger partial charge in [0, 0.05) is 17.1 Å². The number of hydrogen-bond donors (Lipinski definition) is 1. The molecule has 0 aliphatic rings. The van der Waals surface area contributed by atoms with Gasteiger partial charge in [-0.2, -0.15) is 0 Å². The number of benzene rings is 2. The van der Waals surface area contributed by atoms with Crippen molar-refractivity contribution in [3.63, 3.8) is 0 Å². The molecule has 4 heteroatoms. The van der Waals surface area contributed by atoms with Crippen molar-refractivity contribution in [3.05, 3.63) is 58.1 Å². The zero-order valence-corrected chi connectivity index (χ0v) is 13.5. The van der Waals surface area contributed by atoms with Crippen LogP contribution < -0.4 is 10.1 Å². The molecule has 0 saturated heterocycles. The molecule has 0 bridgehead atoms. The van der Waals surface area contributed by atoms with Crippen molar-refractivity contribution >= 4 is 28.9 Å². The van der Waals surface area contributed by atoms with Crippen LogP contribution in [0.4, 0.5) is 5.69 Å². The van der Waals surface area contributed by atoms with Crippen LogP contribution in [0.25, 0.3) is 0 Å². The first-order chi connectivity index (χ1) is 10.2. The zero-order valence-electron chi connectivity index (χ0n) is 12.0. The van der Waals surface area contributed by atoms with Gasteiger partial charge in [-0.05, 0) is 30.7 Å². The maximum Gasteiger partial charge on any atom is 0.124 e. The summed E-state index contributed by atoms with van der Waals surface area (Å²) >= 11 is 12.1. The number of halogens is 2. The van der Waals surface area contributed by atoms with Gasteiger partial charge in [-0.3, -0.25) is 0 Å². The Labute approximate surface area is 136 Å². The third-order valence-electron chi connectivity index (χ3n) is 3.13. The van der Waals surface area contributed by atoms with Crippen molar-refractivity contribution in [1.29, 1.82) is 0 Å². The van der Waals surface area contributed by atoms with Crippen molar-refractivity contribution < 1.29 is 4.74 Å². The molecule has 0 aliphatic heterocycles. The van der Waals surface area contributed by atoms with Gasteiger partial charge in [0.25, 0.3) is 0 Å². The maximum absolute atomic E-state index is 6.15. The van der Waals surface area contributed by atoms with Gasteiger partial charge in [-0.25, -0.2) is 0 Å². The number of hydrogen-bond acceptors (Lipinski definition) is 2. The van der Waals surface area contributed by atoms with Crippen molar-refractivity contribution in [3.8, 4) is 5.75 Å². The van der Waals surface area contributed by atoms with Crippen LogP contribution in [-0.4, -0.2) is 6.61 Å². The second-order valence-electron chi connectivity index (χ2n) is 4.79. The van der Waals surface area contributed by atoms with Gasteiger partial charge in [0.05, 0.1) is 17.3 Å². The Morgan fingerprint density at radius 3 is 2.71 bits per heavy atom. The second kappa shape index (κ2) is 8.16. The zero-order chi connectivity index (χ0) is 15.1. The molecule has 2 nitrogen and oxygen atoms in total. The summed E-state index contributed by atoms with van der Waals surface area (Å²) in [6.45, 7) is 3.53. The molecular weight excluding hydrogens is 305 g/mol. The fourth-order valence-corrected chi connectivity index (χ4v) is 2.30. The lowest BCUT2D eigenvalue weighted by molar-refractivity contribution is 0.306. The molecule has 0 unspecified atom stereocenters. The highest BCUT2D eigenvalue weighted by Crippen LogP contribution is 2.27. The smallest absolute Gasteiger partial charge is 0.124 e. The molecule has 21 heavy (non-hydrogen) atoms. The molecule has 2 aromatic carbocycles. The highest BCUT2D eigenvalue weighted by Gasteiger charge is 2.05. The van der Waals surface area contributed by atoms with E-state index in [0.29, 0.717) is 16.6 Å². The first-order valence-corrected chi connectivity index (χ1v) is 7.86. The lowest BCUT2D eigenvalue weighted by Gasteiger charge is -2.13. The monoisotopic (exact) mass is 323 g/mol. The topological polar surface area (TPSA) is 21.3 Å². The van der Waals surface area contributed by atoms with Gasteiger partial charge in [0.1, 0.15) is 5.75 Å². The molecule has 0 fully saturated rings. The highest BCUT2D eigenvalue weighted by atomic mass is 35.5. The fourth-order valence-electron chi connectivity index (χ4n) is 1.94. The summed E-state index contributed by atoms with van der Waals surface area (Å²) < 4.78 is 5.82. The first kappa shape index (κ1) is 16.0. The van der Waals surface area contributed by atoms with Gasteiger partial charge in [-0.1, -0.05) is 54.7 Å². The van der Waals surface area contributed by atoms with Crippen LogP contribution >= 0.6 is 23.2 Å². The Kier molecular flexibility index (Phi) is 6.21. The Morgan fingerprint density at radius 1 is 1.10 bits per heavy atom. The minimum atomic E-state index is 0.641. The summed E-state index contributed by atoms with van der Waals surface area (Å²) in [5.74, 6) is 0.914. The van der Waals surface area contributed by atoms with Crippen LogP contribution in [0.1, 0.15) is 25.3 Å². The van der Waals surface area contributed by atoms with Crippen LogP contribution in [0.2, 0.25) is 10.0 Å². The quantitative estimate of drug-likeness (QED) is 0.651. The summed E-state index contributed by atoms with van der Waals surface area (Å²) in [5, 5.41) is 4.62. The molecule has 0 amide bonds. The number of para-hydroxylation sites is 1. The third kappa shape index (κ3) is 4.83. The number of nitrogens with one attached hydrogen (secondary N) is 1. The summed E-state index contributed by atoms with van der Waals surface area (Å²) in [4.78, 5) is 0. The van der Waals surface area contributed by atoms with E-state index in [4.69, 9.17) is 27.9 Å². The average Bonchev–Trinajstić information content (AvgIpc) is 2.49. The minimum Gasteiger partial charge on any atom is -0.493 e. The molecular formula is C17H19Cl2NO. The highest BCUT2D eigenvalue weighted by molar-refractivity contribution is 6.35. The van der Waals surface area contributed by atoms with E-state index in [2.05, 4.69) is 12.2 Å². The van der Waals surface area contributed by atoms with Gasteiger partial charge < -0.3 is 10.1 Å². The summed E-state index contributed by atoms with van der Waals surface area (Å²) in [7, 11) is 0. The molecule has 2 aromatic rings. The van der Waals surface area contributed by atoms with Crippen LogP contribution in [0.15, 0.2) is 42.5 Å². The number of unbranched alkanes of at least 4 members (excludes halogenated alkanes) is 1. The van der Waals surface area contributed by atoms with E-state index >= 15 is 0 Å². The van der Waals surface area contributed by atoms with Crippen molar-refractivity contribution in [1.82, 2.24) is 0 Å². The van der Waals surface area contributed by atoms with E-state index in [1.807, 2.05) is 30.3 Å². The van der Waals surface area contributed by atoms with Crippen molar-refractivity contribution in [2.24, 2.45) is 0 Å². The number of anilines is 1. The van der Waals surface area contributed by atoms with E-state index in [0.717, 1.165) is 36.4 Å². The normalized spacial score (nSPS) is 10.4. The number of ether oxygens (including phenoxy) is 1. The van der Waals surface area contributed by atoms with E-state index in [9.17, 15) is 0 Å². The van der Waals surface area contributed by atoms with E-state index < -0.39 is 0 Å². The minimum absolute atomic E-state index is 0.641. The van der Waals surface area contributed by atoms with E-state index in [1.165, 1.54) is 0 Å². The predicted molar refractivity (Wildman–Crippen MR) is 90.6 cm³/mol. The first-order valence-electron chi connectivity index (χ1n) is 7.10. The van der Waals surface area contributed by atoms with E-state index in [-0.39, 0.29) is 0 Å². The lowest BCUT2D eigenvalue weighted by Crippen LogP contribution is -2.04. The molecule has 0 heterocycles. The maximum atomic E-state index is 6.15. The fraction of sp³-hybridized carbons (Fsp3) is 0.294. The molecule has 112 valence electrons. The van der Waals surface area contributed by atoms with Crippen molar-refractivity contribution in [2.75, 3.05) is 11.9 Å². The molecule has 0 aromatic heterocycles. The van der Waals surface area contributed by atoms with Gasteiger partial charge in [0.15, 0.2) is 0 Å². The lowest BCUT2D eigenvalue weighted by atomic mass is 10.2. The summed E-state index contributed by atoms with van der Waals surface area (Å²) in [6, 6.07) is 13.4. The largest absolute Gasteiger partial charge is 0.493 e. The number of rotatable bonds is 7. The van der Waals surface area contributed by atoms with Gasteiger partial charge in [-0.15, -0.1) is 0 Å². The Bertz CT molecular complexity index is 587. The van der Waals surface area contributed by atoms with Crippen LogP contribution in [0.5, 0.6) is 5.75 Å². The van der Waals surface area contributed by atoms with Crippen LogP contribution in [0, 0.1) is 0 Å². The van der Waals surface area contributed by atoms with E-state index in [1.54, 1.807) is 12.1 Å².